The summed E-state index contributed by atoms with van der Waals surface area (Å²) in [5, 5.41) is 0.116. The summed E-state index contributed by atoms with van der Waals surface area (Å²) >= 11 is 5.62. The zero-order valence-electron chi connectivity index (χ0n) is 9.11. The molecule has 0 fully saturated rings. The van der Waals surface area contributed by atoms with Gasteiger partial charge in [0.2, 0.25) is 0 Å². The van der Waals surface area contributed by atoms with Crippen molar-refractivity contribution in [3.8, 4) is 0 Å². The van der Waals surface area contributed by atoms with Gasteiger partial charge in [0, 0.05) is 18.4 Å². The molecule has 0 radical (unpaired) electrons. The molecule has 1 aromatic carbocycles. The molecule has 2 rings (SSSR count). The zero-order chi connectivity index (χ0) is 12.3. The maximum atomic E-state index is 13.3. The Hall–Kier alpha value is -1.45. The Bertz CT molecular complexity index is 502. The molecule has 0 aliphatic rings. The Balaban J connectivity index is 2.14. The summed E-state index contributed by atoms with van der Waals surface area (Å²) in [6.07, 6.45) is 4.07. The fraction of sp³-hybridized carbons (Fsp3) is 0.154. The Labute approximate surface area is 104 Å². The second-order valence-electron chi connectivity index (χ2n) is 3.84. The van der Waals surface area contributed by atoms with Crippen LogP contribution in [0.3, 0.4) is 0 Å². The van der Waals surface area contributed by atoms with Crippen molar-refractivity contribution < 1.29 is 4.39 Å². The van der Waals surface area contributed by atoms with Crippen LogP contribution in [0, 0.1) is 5.82 Å². The van der Waals surface area contributed by atoms with Crippen molar-refractivity contribution in [3.63, 3.8) is 0 Å². The van der Waals surface area contributed by atoms with Gasteiger partial charge in [-0.05, 0) is 41.8 Å². The Morgan fingerprint density at radius 1 is 1.24 bits per heavy atom. The molecule has 2 nitrogen and oxygen atoms in total. The normalized spacial score (nSPS) is 12.4. The minimum atomic E-state index is -0.436. The molecule has 0 amide bonds. The van der Waals surface area contributed by atoms with Crippen LogP contribution < -0.4 is 5.73 Å². The summed E-state index contributed by atoms with van der Waals surface area (Å²) in [6, 6.07) is 8.20. The van der Waals surface area contributed by atoms with Gasteiger partial charge in [-0.2, -0.15) is 0 Å². The van der Waals surface area contributed by atoms with E-state index in [1.165, 1.54) is 12.1 Å². The third-order valence-corrected chi connectivity index (χ3v) is 2.88. The number of aromatic nitrogens is 1. The number of halogens is 2. The molecule has 88 valence electrons. The summed E-state index contributed by atoms with van der Waals surface area (Å²) in [5.41, 5.74) is 7.83. The van der Waals surface area contributed by atoms with Crippen molar-refractivity contribution in [2.75, 3.05) is 0 Å². The predicted molar refractivity (Wildman–Crippen MR) is 66.3 cm³/mol. The predicted octanol–water partition coefficient (Wildman–Crippen LogP) is 3.12. The largest absolute Gasteiger partial charge is 0.324 e. The van der Waals surface area contributed by atoms with E-state index in [4.69, 9.17) is 17.3 Å². The van der Waals surface area contributed by atoms with Crippen LogP contribution in [-0.4, -0.2) is 4.98 Å². The molecule has 1 atom stereocenters. The number of nitrogens with two attached hydrogens (primary N) is 1. The van der Waals surface area contributed by atoms with Crippen molar-refractivity contribution in [2.45, 2.75) is 12.5 Å². The smallest absolute Gasteiger partial charge is 0.142 e. The highest BCUT2D eigenvalue weighted by Crippen LogP contribution is 2.21. The van der Waals surface area contributed by atoms with Gasteiger partial charge in [-0.1, -0.05) is 17.7 Å². The second-order valence-corrected chi connectivity index (χ2v) is 4.25. The van der Waals surface area contributed by atoms with E-state index in [9.17, 15) is 4.39 Å². The molecule has 0 saturated carbocycles. The van der Waals surface area contributed by atoms with Gasteiger partial charge in [-0.25, -0.2) is 4.39 Å². The van der Waals surface area contributed by atoms with Crippen LogP contribution >= 0.6 is 11.6 Å². The SMILES string of the molecule is NC(Cc1ccncc1)c1ccc(Cl)c(F)c1. The molecular formula is C13H12ClFN2. The first-order valence-corrected chi connectivity index (χ1v) is 5.64. The standard InChI is InChI=1S/C13H12ClFN2/c14-11-2-1-10(8-12(11)15)13(16)7-9-3-5-17-6-4-9/h1-6,8,13H,7,16H2. The Morgan fingerprint density at radius 2 is 1.94 bits per heavy atom. The van der Waals surface area contributed by atoms with Gasteiger partial charge < -0.3 is 5.73 Å². The summed E-state index contributed by atoms with van der Waals surface area (Å²) in [7, 11) is 0. The first kappa shape index (κ1) is 12.0. The third-order valence-electron chi connectivity index (χ3n) is 2.58. The van der Waals surface area contributed by atoms with Crippen LogP contribution in [0.25, 0.3) is 0 Å². The quantitative estimate of drug-likeness (QED) is 0.909. The molecule has 0 bridgehead atoms. The first-order chi connectivity index (χ1) is 8.16. The first-order valence-electron chi connectivity index (χ1n) is 5.26. The van der Waals surface area contributed by atoms with E-state index in [2.05, 4.69) is 4.98 Å². The average molecular weight is 251 g/mol. The average Bonchev–Trinajstić information content (AvgIpc) is 2.34. The molecule has 1 unspecified atom stereocenters. The molecule has 0 aliphatic heterocycles. The number of benzene rings is 1. The lowest BCUT2D eigenvalue weighted by atomic mass is 10.0. The topological polar surface area (TPSA) is 38.9 Å². The minimum Gasteiger partial charge on any atom is -0.324 e. The van der Waals surface area contributed by atoms with Gasteiger partial charge in [-0.15, -0.1) is 0 Å². The second kappa shape index (κ2) is 5.25. The minimum absolute atomic E-state index is 0.116. The van der Waals surface area contributed by atoms with Crippen LogP contribution in [-0.2, 0) is 6.42 Å². The molecule has 1 aromatic heterocycles. The summed E-state index contributed by atoms with van der Waals surface area (Å²) in [5.74, 6) is -0.436. The molecule has 2 aromatic rings. The van der Waals surface area contributed by atoms with E-state index >= 15 is 0 Å². The number of rotatable bonds is 3. The molecule has 0 saturated heterocycles. The van der Waals surface area contributed by atoms with Crippen LogP contribution in [0.2, 0.25) is 5.02 Å². The lowest BCUT2D eigenvalue weighted by Gasteiger charge is -2.12. The number of pyridine rings is 1. The fourth-order valence-electron chi connectivity index (χ4n) is 1.63. The van der Waals surface area contributed by atoms with Crippen LogP contribution in [0.15, 0.2) is 42.7 Å². The summed E-state index contributed by atoms with van der Waals surface area (Å²) < 4.78 is 13.3. The zero-order valence-corrected chi connectivity index (χ0v) is 9.86. The van der Waals surface area contributed by atoms with Crippen molar-refractivity contribution in [2.24, 2.45) is 5.73 Å². The van der Waals surface area contributed by atoms with Gasteiger partial charge in [0.1, 0.15) is 5.82 Å². The van der Waals surface area contributed by atoms with E-state index in [0.29, 0.717) is 6.42 Å². The highest BCUT2D eigenvalue weighted by molar-refractivity contribution is 6.30. The number of nitrogens with zero attached hydrogens (tertiary/aromatic N) is 1. The maximum Gasteiger partial charge on any atom is 0.142 e. The van der Waals surface area contributed by atoms with E-state index in [1.807, 2.05) is 12.1 Å². The van der Waals surface area contributed by atoms with Gasteiger partial charge in [0.15, 0.2) is 0 Å². The van der Waals surface area contributed by atoms with E-state index in [-0.39, 0.29) is 11.1 Å². The molecule has 0 spiro atoms. The molecular weight excluding hydrogens is 239 g/mol. The van der Waals surface area contributed by atoms with E-state index in [1.54, 1.807) is 18.5 Å². The number of hydrogen-bond donors (Lipinski definition) is 1. The third kappa shape index (κ3) is 3.02. The van der Waals surface area contributed by atoms with E-state index < -0.39 is 5.82 Å². The van der Waals surface area contributed by atoms with Crippen molar-refractivity contribution in [1.82, 2.24) is 4.98 Å². The van der Waals surface area contributed by atoms with E-state index in [0.717, 1.165) is 11.1 Å². The molecule has 1 heterocycles. The lowest BCUT2D eigenvalue weighted by Crippen LogP contribution is -2.13. The highest BCUT2D eigenvalue weighted by Gasteiger charge is 2.09. The Morgan fingerprint density at radius 3 is 2.59 bits per heavy atom. The molecule has 2 N–H and O–H groups in total. The van der Waals surface area contributed by atoms with Crippen LogP contribution in [0.4, 0.5) is 4.39 Å². The Kier molecular flexibility index (Phi) is 3.71. The van der Waals surface area contributed by atoms with Crippen molar-refractivity contribution in [1.29, 1.82) is 0 Å². The fourth-order valence-corrected chi connectivity index (χ4v) is 1.75. The molecule has 17 heavy (non-hydrogen) atoms. The molecule has 0 aliphatic carbocycles. The lowest BCUT2D eigenvalue weighted by molar-refractivity contribution is 0.619. The number of hydrogen-bond acceptors (Lipinski definition) is 2. The maximum absolute atomic E-state index is 13.3. The summed E-state index contributed by atoms with van der Waals surface area (Å²) in [4.78, 5) is 3.93. The van der Waals surface area contributed by atoms with Gasteiger partial charge >= 0.3 is 0 Å². The molecule has 4 heteroatoms. The van der Waals surface area contributed by atoms with Gasteiger partial charge in [0.05, 0.1) is 5.02 Å². The van der Waals surface area contributed by atoms with Crippen molar-refractivity contribution >= 4 is 11.6 Å². The van der Waals surface area contributed by atoms with Gasteiger partial charge in [0.25, 0.3) is 0 Å². The van der Waals surface area contributed by atoms with Gasteiger partial charge in [-0.3, -0.25) is 4.98 Å². The van der Waals surface area contributed by atoms with Crippen molar-refractivity contribution in [3.05, 3.63) is 64.7 Å². The monoisotopic (exact) mass is 250 g/mol. The van der Waals surface area contributed by atoms with Crippen LogP contribution in [0.1, 0.15) is 17.2 Å². The summed E-state index contributed by atoms with van der Waals surface area (Å²) in [6.45, 7) is 0. The van der Waals surface area contributed by atoms with Crippen LogP contribution in [0.5, 0.6) is 0 Å². The highest BCUT2D eigenvalue weighted by atomic mass is 35.5.